The van der Waals surface area contributed by atoms with E-state index in [0.717, 1.165) is 36.7 Å². The summed E-state index contributed by atoms with van der Waals surface area (Å²) in [5.41, 5.74) is 3.03. The first-order valence-corrected chi connectivity index (χ1v) is 9.78. The SMILES string of the molecule is O=C1CCC(N2Cc3ccc(CNC4(C5CNC5)CC4)cc3C2=O)C(=O)N1. The molecule has 3 N–H and O–H groups in total. The Balaban J connectivity index is 1.28. The van der Waals surface area contributed by atoms with Crippen molar-refractivity contribution in [2.24, 2.45) is 5.92 Å². The van der Waals surface area contributed by atoms with Crippen LogP contribution in [-0.4, -0.2) is 47.3 Å². The van der Waals surface area contributed by atoms with Gasteiger partial charge in [0.1, 0.15) is 6.04 Å². The summed E-state index contributed by atoms with van der Waals surface area (Å²) < 4.78 is 0. The second-order valence-corrected chi connectivity index (χ2v) is 8.26. The molecule has 1 aromatic rings. The molecule has 2 saturated heterocycles. The highest BCUT2D eigenvalue weighted by Crippen LogP contribution is 2.44. The normalized spacial score (nSPS) is 26.6. The van der Waals surface area contributed by atoms with Crippen molar-refractivity contribution >= 4 is 17.7 Å². The maximum absolute atomic E-state index is 12.9. The Morgan fingerprint density at radius 1 is 1.19 bits per heavy atom. The van der Waals surface area contributed by atoms with E-state index in [4.69, 9.17) is 0 Å². The van der Waals surface area contributed by atoms with Gasteiger partial charge in [0.15, 0.2) is 0 Å². The van der Waals surface area contributed by atoms with Gasteiger partial charge in [-0.3, -0.25) is 19.7 Å². The minimum absolute atomic E-state index is 0.106. The Bertz CT molecular complexity index is 829. The summed E-state index contributed by atoms with van der Waals surface area (Å²) in [6, 6.07) is 5.49. The van der Waals surface area contributed by atoms with Crippen molar-refractivity contribution in [3.8, 4) is 0 Å². The Hall–Kier alpha value is -2.25. The zero-order valence-corrected chi connectivity index (χ0v) is 15.2. The monoisotopic (exact) mass is 368 g/mol. The molecule has 3 fully saturated rings. The van der Waals surface area contributed by atoms with Crippen LogP contribution in [0.5, 0.6) is 0 Å². The average Bonchev–Trinajstić information content (AvgIpc) is 3.30. The summed E-state index contributed by atoms with van der Waals surface area (Å²) >= 11 is 0. The third kappa shape index (κ3) is 2.85. The summed E-state index contributed by atoms with van der Waals surface area (Å²) in [5.74, 6) is -0.00855. The molecule has 0 aromatic heterocycles. The number of nitrogens with one attached hydrogen (secondary N) is 3. The number of nitrogens with zero attached hydrogens (tertiary/aromatic N) is 1. The van der Waals surface area contributed by atoms with Gasteiger partial charge in [0.25, 0.3) is 5.91 Å². The van der Waals surface area contributed by atoms with Crippen LogP contribution in [0.15, 0.2) is 18.2 Å². The van der Waals surface area contributed by atoms with E-state index >= 15 is 0 Å². The largest absolute Gasteiger partial charge is 0.322 e. The van der Waals surface area contributed by atoms with Gasteiger partial charge in [-0.2, -0.15) is 0 Å². The van der Waals surface area contributed by atoms with Crippen LogP contribution in [0.2, 0.25) is 0 Å². The van der Waals surface area contributed by atoms with Gasteiger partial charge in [-0.1, -0.05) is 12.1 Å². The predicted octanol–water partition coefficient (Wildman–Crippen LogP) is 0.289. The van der Waals surface area contributed by atoms with Gasteiger partial charge in [0.2, 0.25) is 11.8 Å². The Labute approximate surface area is 157 Å². The van der Waals surface area contributed by atoms with Crippen molar-refractivity contribution in [1.82, 2.24) is 20.9 Å². The zero-order valence-electron chi connectivity index (χ0n) is 15.2. The number of hydrogen-bond acceptors (Lipinski definition) is 5. The van der Waals surface area contributed by atoms with Crippen LogP contribution >= 0.6 is 0 Å². The fourth-order valence-electron chi connectivity index (χ4n) is 4.53. The van der Waals surface area contributed by atoms with Crippen molar-refractivity contribution in [3.05, 3.63) is 34.9 Å². The van der Waals surface area contributed by atoms with Crippen molar-refractivity contribution in [2.75, 3.05) is 13.1 Å². The second kappa shape index (κ2) is 6.14. The van der Waals surface area contributed by atoms with Crippen molar-refractivity contribution in [3.63, 3.8) is 0 Å². The molecule has 0 radical (unpaired) electrons. The highest BCUT2D eigenvalue weighted by atomic mass is 16.2. The van der Waals surface area contributed by atoms with Crippen LogP contribution in [0, 0.1) is 5.92 Å². The maximum atomic E-state index is 12.9. The molecule has 1 atom stereocenters. The third-order valence-electron chi connectivity index (χ3n) is 6.59. The van der Waals surface area contributed by atoms with E-state index in [2.05, 4.69) is 22.0 Å². The first-order chi connectivity index (χ1) is 13.1. The van der Waals surface area contributed by atoms with E-state index in [-0.39, 0.29) is 29.7 Å². The first kappa shape index (κ1) is 16.9. The number of piperidine rings is 1. The number of hydrogen-bond donors (Lipinski definition) is 3. The molecule has 1 saturated carbocycles. The van der Waals surface area contributed by atoms with E-state index in [1.165, 1.54) is 12.8 Å². The summed E-state index contributed by atoms with van der Waals surface area (Å²) in [4.78, 5) is 38.0. The lowest BCUT2D eigenvalue weighted by molar-refractivity contribution is -0.136. The van der Waals surface area contributed by atoms with E-state index in [1.54, 1.807) is 4.90 Å². The standard InChI is InChI=1S/C20H24N4O3/c25-17-4-3-16(18(26)23-17)24-11-13-2-1-12(7-15(13)19(24)27)8-22-20(5-6-20)14-9-21-10-14/h1-2,7,14,16,21-22H,3-6,8-11H2,(H,23,25,26). The molecular weight excluding hydrogens is 344 g/mol. The van der Waals surface area contributed by atoms with Crippen molar-refractivity contribution in [2.45, 2.75) is 50.4 Å². The predicted molar refractivity (Wildman–Crippen MR) is 97.7 cm³/mol. The summed E-state index contributed by atoms with van der Waals surface area (Å²) in [5, 5.41) is 9.40. The molecule has 1 aromatic carbocycles. The third-order valence-corrected chi connectivity index (χ3v) is 6.59. The number of rotatable bonds is 5. The highest BCUT2D eigenvalue weighted by molar-refractivity contribution is 6.05. The van der Waals surface area contributed by atoms with E-state index in [0.29, 0.717) is 18.5 Å². The number of benzene rings is 1. The molecule has 3 amide bonds. The molecular formula is C20H24N4O3. The quantitative estimate of drug-likeness (QED) is 0.650. The number of fused-ring (bicyclic) bond motifs is 1. The van der Waals surface area contributed by atoms with Crippen LogP contribution < -0.4 is 16.0 Å². The molecule has 142 valence electrons. The molecule has 3 aliphatic heterocycles. The molecule has 0 spiro atoms. The number of carbonyl (C=O) groups is 3. The first-order valence-electron chi connectivity index (χ1n) is 9.78. The topological polar surface area (TPSA) is 90.5 Å². The smallest absolute Gasteiger partial charge is 0.255 e. The Morgan fingerprint density at radius 2 is 2.00 bits per heavy atom. The van der Waals surface area contributed by atoms with Gasteiger partial charge >= 0.3 is 0 Å². The van der Waals surface area contributed by atoms with E-state index in [9.17, 15) is 14.4 Å². The van der Waals surface area contributed by atoms with Gasteiger partial charge in [0.05, 0.1) is 0 Å². The number of imide groups is 1. The zero-order chi connectivity index (χ0) is 18.6. The summed E-state index contributed by atoms with van der Waals surface area (Å²) in [6.45, 7) is 3.38. The second-order valence-electron chi connectivity index (χ2n) is 8.26. The number of amides is 3. The van der Waals surface area contributed by atoms with Crippen molar-refractivity contribution in [1.29, 1.82) is 0 Å². The molecule has 5 rings (SSSR count). The molecule has 7 heteroatoms. The molecule has 0 bridgehead atoms. The molecule has 1 unspecified atom stereocenters. The lowest BCUT2D eigenvalue weighted by atomic mass is 9.91. The van der Waals surface area contributed by atoms with Crippen LogP contribution in [0.25, 0.3) is 0 Å². The minimum atomic E-state index is -0.551. The molecule has 27 heavy (non-hydrogen) atoms. The Kier molecular flexibility index (Phi) is 3.84. The molecule has 1 aliphatic carbocycles. The lowest BCUT2D eigenvalue weighted by Gasteiger charge is -2.36. The van der Waals surface area contributed by atoms with Gasteiger partial charge < -0.3 is 15.5 Å². The van der Waals surface area contributed by atoms with Crippen LogP contribution in [0.4, 0.5) is 0 Å². The van der Waals surface area contributed by atoms with Crippen LogP contribution in [-0.2, 0) is 22.7 Å². The summed E-state index contributed by atoms with van der Waals surface area (Å²) in [7, 11) is 0. The maximum Gasteiger partial charge on any atom is 0.255 e. The fraction of sp³-hybridized carbons (Fsp3) is 0.550. The number of carbonyl (C=O) groups excluding carboxylic acids is 3. The average molecular weight is 368 g/mol. The lowest BCUT2D eigenvalue weighted by Crippen LogP contribution is -2.54. The van der Waals surface area contributed by atoms with E-state index in [1.807, 2.05) is 12.1 Å². The fourth-order valence-corrected chi connectivity index (χ4v) is 4.53. The summed E-state index contributed by atoms with van der Waals surface area (Å²) in [6.07, 6.45) is 3.14. The van der Waals surface area contributed by atoms with Crippen LogP contribution in [0.3, 0.4) is 0 Å². The Morgan fingerprint density at radius 3 is 2.67 bits per heavy atom. The highest BCUT2D eigenvalue weighted by Gasteiger charge is 2.50. The van der Waals surface area contributed by atoms with Gasteiger partial charge in [-0.25, -0.2) is 0 Å². The molecule has 7 nitrogen and oxygen atoms in total. The van der Waals surface area contributed by atoms with Gasteiger partial charge in [-0.05, 0) is 36.5 Å². The molecule has 3 heterocycles. The minimum Gasteiger partial charge on any atom is -0.322 e. The van der Waals surface area contributed by atoms with Gasteiger partial charge in [0, 0.05) is 49.6 Å². The molecule has 4 aliphatic rings. The van der Waals surface area contributed by atoms with Crippen LogP contribution in [0.1, 0.15) is 47.2 Å². The van der Waals surface area contributed by atoms with Gasteiger partial charge in [-0.15, -0.1) is 0 Å². The van der Waals surface area contributed by atoms with Crippen molar-refractivity contribution < 1.29 is 14.4 Å². The van der Waals surface area contributed by atoms with E-state index < -0.39 is 6.04 Å².